The van der Waals surface area contributed by atoms with Gasteiger partial charge in [-0.1, -0.05) is 59.6 Å². The highest BCUT2D eigenvalue weighted by molar-refractivity contribution is 6.31. The Balaban J connectivity index is 2.36. The van der Waals surface area contributed by atoms with E-state index in [-0.39, 0.29) is 50.4 Å². The Morgan fingerprint density at radius 2 is 1.33 bits per heavy atom. The van der Waals surface area contributed by atoms with Crippen molar-refractivity contribution in [2.45, 2.75) is 12.8 Å². The molecule has 0 saturated heterocycles. The molecule has 0 spiro atoms. The molecule has 0 heterocycles. The molecular weight excluding hydrogens is 431 g/mol. The number of hydrogen-bond donors (Lipinski definition) is 2. The minimum Gasteiger partial charge on any atom is -0.478 e. The highest BCUT2D eigenvalue weighted by Crippen LogP contribution is 2.25. The largest absolute Gasteiger partial charge is 0.478 e. The molecule has 2 rings (SSSR count). The van der Waals surface area contributed by atoms with Gasteiger partial charge in [0, 0.05) is 22.9 Å². The zero-order valence-electron chi connectivity index (χ0n) is 16.1. The van der Waals surface area contributed by atoms with Crippen LogP contribution in [0.25, 0.3) is 0 Å². The summed E-state index contributed by atoms with van der Waals surface area (Å²) in [5.41, 5.74) is 1.04. The van der Waals surface area contributed by atoms with E-state index in [1.165, 1.54) is 0 Å². The minimum absolute atomic E-state index is 0.0118. The molecule has 0 radical (unpaired) electrons. The van der Waals surface area contributed by atoms with Gasteiger partial charge in [-0.2, -0.15) is 0 Å². The number of aliphatic hydroxyl groups is 1. The highest BCUT2D eigenvalue weighted by atomic mass is 35.5. The van der Waals surface area contributed by atoms with Gasteiger partial charge in [0.15, 0.2) is 0 Å². The number of halogens is 2. The zero-order chi connectivity index (χ0) is 21.9. The normalized spacial score (nSPS) is 11.7. The molecule has 0 aliphatic carbocycles. The maximum atomic E-state index is 12.8. The summed E-state index contributed by atoms with van der Waals surface area (Å²) in [7, 11) is 0. The Morgan fingerprint density at radius 1 is 0.800 bits per heavy atom. The van der Waals surface area contributed by atoms with Crippen LogP contribution in [0.4, 0.5) is 0 Å². The van der Waals surface area contributed by atoms with Gasteiger partial charge >= 0.3 is 11.9 Å². The van der Waals surface area contributed by atoms with E-state index >= 15 is 0 Å². The van der Waals surface area contributed by atoms with Crippen LogP contribution in [0, 0.1) is 0 Å². The second-order valence-electron chi connectivity index (χ2n) is 6.27. The molecule has 0 unspecified atom stereocenters. The molecule has 2 N–H and O–H groups in total. The van der Waals surface area contributed by atoms with Gasteiger partial charge in [-0.25, -0.2) is 9.59 Å². The first-order valence-electron chi connectivity index (χ1n) is 9.22. The molecule has 0 atom stereocenters. The van der Waals surface area contributed by atoms with Crippen LogP contribution in [0.3, 0.4) is 0 Å². The summed E-state index contributed by atoms with van der Waals surface area (Å²) in [5, 5.41) is 19.4. The van der Waals surface area contributed by atoms with Crippen molar-refractivity contribution >= 4 is 35.1 Å². The van der Waals surface area contributed by atoms with Crippen LogP contribution in [-0.2, 0) is 31.9 Å². The van der Waals surface area contributed by atoms with Crippen LogP contribution in [0.2, 0.25) is 10.0 Å². The fraction of sp³-hybridized carbons (Fsp3) is 0.273. The number of carbonyl (C=O) groups excluding carboxylic acids is 1. The summed E-state index contributed by atoms with van der Waals surface area (Å²) >= 11 is 12.4. The average molecular weight is 453 g/mol. The van der Waals surface area contributed by atoms with Crippen LogP contribution in [0.1, 0.15) is 11.1 Å². The van der Waals surface area contributed by atoms with E-state index in [1.54, 1.807) is 48.5 Å². The number of carbonyl (C=O) groups is 2. The summed E-state index contributed by atoms with van der Waals surface area (Å²) in [6.45, 7) is -0.0260. The molecule has 0 aromatic heterocycles. The molecular formula is C22H22Cl2O6. The van der Waals surface area contributed by atoms with Gasteiger partial charge in [0.25, 0.3) is 0 Å². The number of aliphatic hydroxyl groups excluding tert-OH is 1. The fourth-order valence-corrected chi connectivity index (χ4v) is 3.13. The quantitative estimate of drug-likeness (QED) is 0.306. The number of carboxylic acid groups (broad SMARTS) is 1. The van der Waals surface area contributed by atoms with Crippen molar-refractivity contribution in [2.24, 2.45) is 0 Å². The predicted octanol–water partition coefficient (Wildman–Crippen LogP) is 3.71. The summed E-state index contributed by atoms with van der Waals surface area (Å²) < 4.78 is 10.3. The van der Waals surface area contributed by atoms with Crippen LogP contribution in [-0.4, -0.2) is 48.6 Å². The summed E-state index contributed by atoms with van der Waals surface area (Å²) in [6.07, 6.45) is -0.0625. The van der Waals surface area contributed by atoms with Crippen molar-refractivity contribution in [1.29, 1.82) is 0 Å². The Morgan fingerprint density at radius 3 is 1.83 bits per heavy atom. The van der Waals surface area contributed by atoms with Crippen molar-refractivity contribution < 1.29 is 29.3 Å². The molecule has 0 aliphatic rings. The van der Waals surface area contributed by atoms with Crippen molar-refractivity contribution in [3.05, 3.63) is 80.8 Å². The van der Waals surface area contributed by atoms with Crippen molar-refractivity contribution in [3.8, 4) is 0 Å². The van der Waals surface area contributed by atoms with Gasteiger partial charge in [0.05, 0.1) is 31.0 Å². The smallest absolute Gasteiger partial charge is 0.334 e. The molecule has 8 heteroatoms. The van der Waals surface area contributed by atoms with Crippen LogP contribution < -0.4 is 0 Å². The van der Waals surface area contributed by atoms with Crippen molar-refractivity contribution in [1.82, 2.24) is 0 Å². The molecule has 30 heavy (non-hydrogen) atoms. The number of carboxylic acids is 1. The standard InChI is InChI=1S/C22H22Cl2O6/c23-19-7-3-1-5-15(19)13-17(21(26)27)18(14-16-6-2-4-8-20(16)24)22(28)30-12-11-29-10-9-25/h1-8,25H,9-14H2,(H,26,27)/b18-17+. The average Bonchev–Trinajstić information content (AvgIpc) is 2.72. The van der Waals surface area contributed by atoms with Crippen molar-refractivity contribution in [3.63, 3.8) is 0 Å². The van der Waals surface area contributed by atoms with E-state index in [1.807, 2.05) is 0 Å². The van der Waals surface area contributed by atoms with E-state index in [0.29, 0.717) is 21.2 Å². The lowest BCUT2D eigenvalue weighted by molar-refractivity contribution is -0.142. The topological polar surface area (TPSA) is 93.1 Å². The first kappa shape index (κ1) is 23.9. The molecule has 2 aromatic carbocycles. The number of aliphatic carboxylic acids is 1. The second kappa shape index (κ2) is 12.3. The lowest BCUT2D eigenvalue weighted by atomic mass is 9.95. The van der Waals surface area contributed by atoms with Crippen LogP contribution in [0.15, 0.2) is 59.7 Å². The molecule has 0 fully saturated rings. The third kappa shape index (κ3) is 7.15. The van der Waals surface area contributed by atoms with E-state index < -0.39 is 11.9 Å². The Labute approximate surface area is 184 Å². The maximum absolute atomic E-state index is 12.8. The fourth-order valence-electron chi connectivity index (χ4n) is 2.72. The first-order chi connectivity index (χ1) is 14.4. The molecule has 0 amide bonds. The third-order valence-electron chi connectivity index (χ3n) is 4.22. The van der Waals surface area contributed by atoms with Gasteiger partial charge < -0.3 is 19.7 Å². The lowest BCUT2D eigenvalue weighted by Crippen LogP contribution is -2.20. The molecule has 160 valence electrons. The summed E-state index contributed by atoms with van der Waals surface area (Å²) in [4.78, 5) is 24.8. The van der Waals surface area contributed by atoms with Gasteiger partial charge in [0.1, 0.15) is 6.61 Å². The molecule has 0 bridgehead atoms. The van der Waals surface area contributed by atoms with Gasteiger partial charge in [-0.05, 0) is 23.3 Å². The Bertz CT molecular complexity index is 910. The number of rotatable bonds is 11. The van der Waals surface area contributed by atoms with E-state index in [2.05, 4.69) is 0 Å². The van der Waals surface area contributed by atoms with Crippen molar-refractivity contribution in [2.75, 3.05) is 26.4 Å². The third-order valence-corrected chi connectivity index (χ3v) is 4.95. The molecule has 6 nitrogen and oxygen atoms in total. The van der Waals surface area contributed by atoms with E-state index in [0.717, 1.165) is 0 Å². The Kier molecular flexibility index (Phi) is 9.83. The molecule has 2 aromatic rings. The summed E-state index contributed by atoms with van der Waals surface area (Å²) in [6, 6.07) is 13.7. The SMILES string of the molecule is O=C(O)/C(Cc1ccccc1Cl)=C(\Cc1ccccc1Cl)C(=O)OCCOCCO. The predicted molar refractivity (Wildman–Crippen MR) is 114 cm³/mol. The van der Waals surface area contributed by atoms with Gasteiger partial charge in [-0.3, -0.25) is 0 Å². The molecule has 0 aliphatic heterocycles. The van der Waals surface area contributed by atoms with E-state index in [9.17, 15) is 14.7 Å². The molecule has 0 saturated carbocycles. The van der Waals surface area contributed by atoms with E-state index in [4.69, 9.17) is 37.8 Å². The number of benzene rings is 2. The van der Waals surface area contributed by atoms with Gasteiger partial charge in [0.2, 0.25) is 0 Å². The van der Waals surface area contributed by atoms with Crippen LogP contribution >= 0.6 is 23.2 Å². The highest BCUT2D eigenvalue weighted by Gasteiger charge is 2.24. The monoisotopic (exact) mass is 452 g/mol. The Hall–Kier alpha value is -2.38. The minimum atomic E-state index is -1.24. The number of esters is 1. The number of hydrogen-bond acceptors (Lipinski definition) is 5. The first-order valence-corrected chi connectivity index (χ1v) is 9.97. The number of ether oxygens (including phenoxy) is 2. The second-order valence-corrected chi connectivity index (χ2v) is 7.08. The van der Waals surface area contributed by atoms with Gasteiger partial charge in [-0.15, -0.1) is 0 Å². The summed E-state index contributed by atoms with van der Waals surface area (Å²) in [5.74, 6) is -2.02. The van der Waals surface area contributed by atoms with Crippen LogP contribution in [0.5, 0.6) is 0 Å². The lowest BCUT2D eigenvalue weighted by Gasteiger charge is -2.14. The maximum Gasteiger partial charge on any atom is 0.334 e. The zero-order valence-corrected chi connectivity index (χ0v) is 17.7.